The number of oxazole rings is 2. The van der Waals surface area contributed by atoms with E-state index in [-0.39, 0.29) is 29.8 Å². The summed E-state index contributed by atoms with van der Waals surface area (Å²) in [4.78, 5) is 41.8. The molecule has 1 spiro atoms. The summed E-state index contributed by atoms with van der Waals surface area (Å²) < 4.78 is 65.5. The number of nitrogens with one attached hydrogen (secondary N) is 4. The van der Waals surface area contributed by atoms with Crippen LogP contribution in [-0.4, -0.2) is 56.9 Å². The third kappa shape index (κ3) is 4.77. The number of carbonyl (C=O) groups excluding carboxylic acids is 2. The van der Waals surface area contributed by atoms with Crippen LogP contribution in [0.1, 0.15) is 53.8 Å². The number of rotatable bonds is 5. The molecule has 4 aliphatic rings. The van der Waals surface area contributed by atoms with E-state index in [0.717, 1.165) is 51.0 Å². The van der Waals surface area contributed by atoms with Gasteiger partial charge in [0.25, 0.3) is 0 Å². The standard InChI is InChI=1S/C45H35F3N6O6/c1-21(2)34-40-53-36-37(60-40)44-27-12-6-11-25(24-10-7-13-29-33(24)26(18-49-29)32-19-50-39(36)58-32)35(27)54-42(44)59-31-15-14-22(16-28(31)44)17-30(38(56)52-34)51-41(57)43(20-55,45(46,47)48)23-8-4-3-5-9-23/h3-16,18-19,21,30,34,42,49,54-55H,17,20H2,1-2H3,(H,51,57)(H,52,56)/t30-,34-,42?,43+,44?/m0/s1. The van der Waals surface area contributed by atoms with Crippen LogP contribution in [0.15, 0.2) is 106 Å². The molecule has 0 radical (unpaired) electrons. The monoisotopic (exact) mass is 812 g/mol. The molecule has 11 rings (SSSR count). The van der Waals surface area contributed by atoms with E-state index in [9.17, 15) is 14.7 Å². The first kappa shape index (κ1) is 36.2. The van der Waals surface area contributed by atoms with Crippen LogP contribution < -0.4 is 20.7 Å². The summed E-state index contributed by atoms with van der Waals surface area (Å²) in [6.45, 7) is 2.08. The van der Waals surface area contributed by atoms with Gasteiger partial charge < -0.3 is 39.6 Å². The molecule has 4 aliphatic heterocycles. The second kappa shape index (κ2) is 12.6. The number of amides is 2. The average Bonchev–Trinajstić information content (AvgIpc) is 4.06. The molecule has 0 fully saturated rings. The van der Waals surface area contributed by atoms with Crippen LogP contribution >= 0.6 is 0 Å². The summed E-state index contributed by atoms with van der Waals surface area (Å²) in [6.07, 6.45) is -2.72. The highest BCUT2D eigenvalue weighted by Crippen LogP contribution is 2.61. The Kier molecular flexibility index (Phi) is 7.59. The molecule has 0 saturated carbocycles. The minimum absolute atomic E-state index is 0.0857. The highest BCUT2D eigenvalue weighted by Gasteiger charge is 2.63. The second-order valence-corrected chi connectivity index (χ2v) is 16.1. The van der Waals surface area contributed by atoms with Gasteiger partial charge in [0.05, 0.1) is 12.8 Å². The Bertz CT molecular complexity index is 2920. The molecule has 10 bridgehead atoms. The number of halogens is 3. The molecule has 7 aromatic rings. The first-order valence-electron chi connectivity index (χ1n) is 19.6. The summed E-state index contributed by atoms with van der Waals surface area (Å²) in [7, 11) is 0. The van der Waals surface area contributed by atoms with Crippen molar-refractivity contribution in [3.8, 4) is 39.8 Å². The lowest BCUT2D eigenvalue weighted by molar-refractivity contribution is -0.203. The lowest BCUT2D eigenvalue weighted by Crippen LogP contribution is -2.61. The molecule has 3 aromatic heterocycles. The fourth-order valence-corrected chi connectivity index (χ4v) is 9.54. The number of nitrogens with zero attached hydrogens (tertiary/aromatic N) is 2. The topological polar surface area (TPSA) is 168 Å². The van der Waals surface area contributed by atoms with Crippen LogP contribution in [0.5, 0.6) is 5.75 Å². The smallest absolute Gasteiger partial charge is 0.409 e. The molecule has 15 heteroatoms. The lowest BCUT2D eigenvalue weighted by Gasteiger charge is -2.35. The van der Waals surface area contributed by atoms with Gasteiger partial charge in [-0.05, 0) is 34.7 Å². The summed E-state index contributed by atoms with van der Waals surface area (Å²) >= 11 is 0. The van der Waals surface area contributed by atoms with Crippen molar-refractivity contribution in [2.45, 2.75) is 55.6 Å². The summed E-state index contributed by atoms with van der Waals surface area (Å²) in [5, 5.41) is 20.4. The minimum Gasteiger partial charge on any atom is -0.469 e. The molecular weight excluding hydrogens is 778 g/mol. The first-order chi connectivity index (χ1) is 28.9. The maximum Gasteiger partial charge on any atom is 0.409 e. The number of fused-ring (bicyclic) bond motifs is 7. The Hall–Kier alpha value is -6.87. The molecule has 0 saturated heterocycles. The van der Waals surface area contributed by atoms with Crippen LogP contribution in [0.3, 0.4) is 0 Å². The van der Waals surface area contributed by atoms with Crippen molar-refractivity contribution in [3.05, 3.63) is 131 Å². The molecule has 5 atom stereocenters. The number of hydrogen-bond acceptors (Lipinski definition) is 9. The number of aliphatic hydroxyl groups is 1. The molecule has 302 valence electrons. The van der Waals surface area contributed by atoms with E-state index < -0.39 is 59.3 Å². The number of anilines is 1. The van der Waals surface area contributed by atoms with Gasteiger partial charge in [-0.25, -0.2) is 9.97 Å². The van der Waals surface area contributed by atoms with Crippen molar-refractivity contribution in [3.63, 3.8) is 0 Å². The Labute approximate surface area is 339 Å². The predicted molar refractivity (Wildman–Crippen MR) is 212 cm³/mol. The van der Waals surface area contributed by atoms with Gasteiger partial charge in [0.2, 0.25) is 23.6 Å². The fourth-order valence-electron chi connectivity index (χ4n) is 9.54. The zero-order valence-electron chi connectivity index (χ0n) is 32.0. The third-order valence-corrected chi connectivity index (χ3v) is 12.5. The van der Waals surface area contributed by atoms with Gasteiger partial charge in [0.1, 0.15) is 23.2 Å². The van der Waals surface area contributed by atoms with E-state index in [2.05, 4.69) is 20.9 Å². The van der Waals surface area contributed by atoms with Gasteiger partial charge in [0, 0.05) is 51.5 Å². The van der Waals surface area contributed by atoms with Crippen molar-refractivity contribution in [1.82, 2.24) is 25.6 Å². The molecule has 5 N–H and O–H groups in total. The number of ether oxygens (including phenoxy) is 1. The van der Waals surface area contributed by atoms with E-state index in [4.69, 9.17) is 23.5 Å². The quantitative estimate of drug-likeness (QED) is 0.120. The van der Waals surface area contributed by atoms with Crippen LogP contribution in [0.2, 0.25) is 0 Å². The van der Waals surface area contributed by atoms with Crippen LogP contribution in [-0.2, 0) is 26.8 Å². The van der Waals surface area contributed by atoms with Gasteiger partial charge >= 0.3 is 6.18 Å². The van der Waals surface area contributed by atoms with Gasteiger partial charge in [0.15, 0.2) is 28.9 Å². The number of hydrogen-bond donors (Lipinski definition) is 5. The molecule has 2 unspecified atom stereocenters. The number of alkyl halides is 3. The zero-order valence-corrected chi connectivity index (χ0v) is 32.0. The Morgan fingerprint density at radius 1 is 0.967 bits per heavy atom. The zero-order chi connectivity index (χ0) is 41.3. The van der Waals surface area contributed by atoms with Crippen molar-refractivity contribution in [1.29, 1.82) is 0 Å². The SMILES string of the molecule is CC(C)[C@@H]1NC(=O)[C@@H](NC(=O)[C@@](CO)(c2ccccc2)C(F)(F)F)Cc2ccc3c(c2)C24c5cccc(c5NC2O3)-c2cccc3[nH]cc(c23)-c2cnc(o2)-c2nc1oc24. The molecule has 0 aliphatic carbocycles. The van der Waals surface area contributed by atoms with E-state index >= 15 is 13.2 Å². The van der Waals surface area contributed by atoms with E-state index in [1.807, 2.05) is 62.5 Å². The Morgan fingerprint density at radius 3 is 2.55 bits per heavy atom. The van der Waals surface area contributed by atoms with Crippen molar-refractivity contribution >= 4 is 28.4 Å². The van der Waals surface area contributed by atoms with E-state index in [1.165, 1.54) is 18.2 Å². The third-order valence-electron chi connectivity index (χ3n) is 12.5. The van der Waals surface area contributed by atoms with Gasteiger partial charge in [-0.3, -0.25) is 9.59 Å². The highest BCUT2D eigenvalue weighted by molar-refractivity contribution is 6.07. The van der Waals surface area contributed by atoms with Gasteiger partial charge in [-0.2, -0.15) is 13.2 Å². The van der Waals surface area contributed by atoms with E-state index in [1.54, 1.807) is 18.3 Å². The van der Waals surface area contributed by atoms with Gasteiger partial charge in [-0.1, -0.05) is 86.6 Å². The van der Waals surface area contributed by atoms with Crippen LogP contribution in [0.4, 0.5) is 18.9 Å². The molecule has 12 nitrogen and oxygen atoms in total. The van der Waals surface area contributed by atoms with E-state index in [0.29, 0.717) is 28.4 Å². The molecule has 7 heterocycles. The summed E-state index contributed by atoms with van der Waals surface area (Å²) in [5.41, 5.74) is 1.44. The normalized spacial score (nSPS) is 21.9. The predicted octanol–water partition coefficient (Wildman–Crippen LogP) is 7.28. The maximum atomic E-state index is 15.1. The number of H-pyrrole nitrogens is 1. The molecule has 4 aromatic carbocycles. The average molecular weight is 813 g/mol. The summed E-state index contributed by atoms with van der Waals surface area (Å²) in [6, 6.07) is 21.3. The molecule has 60 heavy (non-hydrogen) atoms. The fraction of sp³-hybridized carbons (Fsp3) is 0.244. The largest absolute Gasteiger partial charge is 0.469 e. The number of para-hydroxylation sites is 1. The van der Waals surface area contributed by atoms with Crippen molar-refractivity contribution < 1.29 is 41.4 Å². The highest BCUT2D eigenvalue weighted by atomic mass is 19.4. The Balaban J connectivity index is 1.15. The number of aromatic nitrogens is 3. The first-order valence-corrected chi connectivity index (χ1v) is 19.6. The maximum absolute atomic E-state index is 15.1. The number of aliphatic hydroxyl groups excluding tert-OH is 1. The van der Waals surface area contributed by atoms with Crippen LogP contribution in [0.25, 0.3) is 44.9 Å². The number of aromatic amines is 1. The van der Waals surface area contributed by atoms with Gasteiger partial charge in [-0.15, -0.1) is 0 Å². The Morgan fingerprint density at radius 2 is 1.77 bits per heavy atom. The summed E-state index contributed by atoms with van der Waals surface area (Å²) in [5.74, 6) is -1.16. The van der Waals surface area contributed by atoms with Crippen LogP contribution in [0, 0.1) is 5.92 Å². The van der Waals surface area contributed by atoms with Crippen molar-refractivity contribution in [2.75, 3.05) is 11.9 Å². The minimum atomic E-state index is -5.23. The molecule has 2 amide bonds. The number of carbonyl (C=O) groups is 2. The van der Waals surface area contributed by atoms with Crippen molar-refractivity contribution in [2.24, 2.45) is 5.92 Å². The lowest BCUT2D eigenvalue weighted by atomic mass is 9.72. The second-order valence-electron chi connectivity index (χ2n) is 16.1. The number of benzene rings is 4. The molecular formula is C45H35F3N6O6.